The molecule has 1 aromatic rings. The Labute approximate surface area is 97.9 Å². The van der Waals surface area contributed by atoms with Crippen molar-refractivity contribution in [1.82, 2.24) is 0 Å². The summed E-state index contributed by atoms with van der Waals surface area (Å²) in [5, 5.41) is 8.70. The van der Waals surface area contributed by atoms with Crippen LogP contribution < -0.4 is 19.9 Å². The minimum absolute atomic E-state index is 0.128. The zero-order valence-corrected chi connectivity index (χ0v) is 9.30. The van der Waals surface area contributed by atoms with Gasteiger partial charge in [-0.1, -0.05) is 0 Å². The first-order valence-electron chi connectivity index (χ1n) is 5.06. The van der Waals surface area contributed by atoms with E-state index >= 15 is 0 Å². The number of carbonyl (C=O) groups is 1. The third-order valence-electron chi connectivity index (χ3n) is 2.50. The van der Waals surface area contributed by atoms with E-state index in [4.69, 9.17) is 25.1 Å². The van der Waals surface area contributed by atoms with Gasteiger partial charge in [0.1, 0.15) is 0 Å². The molecule has 0 unspecified atom stereocenters. The molecule has 1 aliphatic heterocycles. The first-order valence-corrected chi connectivity index (χ1v) is 5.06. The fraction of sp³-hybridized carbons (Fsp3) is 0.364. The first-order chi connectivity index (χ1) is 8.11. The summed E-state index contributed by atoms with van der Waals surface area (Å²) in [4.78, 5) is 10.6. The van der Waals surface area contributed by atoms with Crippen LogP contribution in [0.15, 0.2) is 12.1 Å². The summed E-state index contributed by atoms with van der Waals surface area (Å²) in [6, 6.07) is 2.75. The Bertz CT molecular complexity index is 446. The molecule has 0 saturated carbocycles. The minimum atomic E-state index is -0.950. The quantitative estimate of drug-likeness (QED) is 0.811. The van der Waals surface area contributed by atoms with E-state index in [0.717, 1.165) is 0 Å². The van der Waals surface area contributed by atoms with Gasteiger partial charge in [0, 0.05) is 6.04 Å². The van der Waals surface area contributed by atoms with Crippen LogP contribution in [-0.2, 0) is 4.79 Å². The predicted molar refractivity (Wildman–Crippen MR) is 58.3 cm³/mol. The summed E-state index contributed by atoms with van der Waals surface area (Å²) in [5.41, 5.74) is 6.43. The zero-order chi connectivity index (χ0) is 12.4. The third-order valence-corrected chi connectivity index (χ3v) is 2.50. The van der Waals surface area contributed by atoms with Crippen molar-refractivity contribution in [3.8, 4) is 17.2 Å². The van der Waals surface area contributed by atoms with E-state index in [-0.39, 0.29) is 13.2 Å². The van der Waals surface area contributed by atoms with E-state index in [0.29, 0.717) is 22.8 Å². The molecule has 2 rings (SSSR count). The van der Waals surface area contributed by atoms with Crippen LogP contribution in [-0.4, -0.2) is 25.0 Å². The molecular formula is C11H13NO5. The fourth-order valence-corrected chi connectivity index (χ4v) is 1.67. The van der Waals surface area contributed by atoms with Gasteiger partial charge in [-0.2, -0.15) is 0 Å². The van der Waals surface area contributed by atoms with Crippen molar-refractivity contribution < 1.29 is 24.1 Å². The number of carboxylic acid groups (broad SMARTS) is 1. The van der Waals surface area contributed by atoms with Gasteiger partial charge in [0.05, 0.1) is 13.5 Å². The van der Waals surface area contributed by atoms with Gasteiger partial charge < -0.3 is 25.1 Å². The summed E-state index contributed by atoms with van der Waals surface area (Å²) < 4.78 is 15.6. The van der Waals surface area contributed by atoms with Gasteiger partial charge >= 0.3 is 5.97 Å². The van der Waals surface area contributed by atoms with Crippen molar-refractivity contribution in [2.75, 3.05) is 13.9 Å². The summed E-state index contributed by atoms with van der Waals surface area (Å²) in [6.45, 7) is 0.128. The average molecular weight is 239 g/mol. The smallest absolute Gasteiger partial charge is 0.305 e. The predicted octanol–water partition coefficient (Wildman–Crippen LogP) is 0.898. The highest BCUT2D eigenvalue weighted by Gasteiger charge is 2.22. The Morgan fingerprint density at radius 2 is 2.35 bits per heavy atom. The number of carboxylic acids is 1. The van der Waals surface area contributed by atoms with E-state index in [9.17, 15) is 4.79 Å². The van der Waals surface area contributed by atoms with Gasteiger partial charge in [0.25, 0.3) is 0 Å². The average Bonchev–Trinajstić information content (AvgIpc) is 2.74. The molecule has 0 aromatic heterocycles. The van der Waals surface area contributed by atoms with E-state index < -0.39 is 12.0 Å². The molecule has 0 aliphatic carbocycles. The number of nitrogens with two attached hydrogens (primary N) is 1. The molecule has 0 amide bonds. The number of rotatable bonds is 4. The van der Waals surface area contributed by atoms with Crippen molar-refractivity contribution in [3.63, 3.8) is 0 Å². The largest absolute Gasteiger partial charge is 0.493 e. The molecule has 1 heterocycles. The maximum atomic E-state index is 10.6. The molecule has 1 aromatic carbocycles. The maximum absolute atomic E-state index is 10.6. The lowest BCUT2D eigenvalue weighted by atomic mass is 10.0. The summed E-state index contributed by atoms with van der Waals surface area (Å²) in [7, 11) is 1.50. The van der Waals surface area contributed by atoms with Crippen LogP contribution in [0, 0.1) is 0 Å². The maximum Gasteiger partial charge on any atom is 0.305 e. The van der Waals surface area contributed by atoms with Crippen molar-refractivity contribution in [3.05, 3.63) is 17.7 Å². The number of ether oxygens (including phenoxy) is 3. The van der Waals surface area contributed by atoms with Crippen LogP contribution in [0.1, 0.15) is 18.0 Å². The van der Waals surface area contributed by atoms with Gasteiger partial charge in [0.15, 0.2) is 11.5 Å². The van der Waals surface area contributed by atoms with Gasteiger partial charge in [0.2, 0.25) is 12.5 Å². The van der Waals surface area contributed by atoms with Crippen LogP contribution in [0.5, 0.6) is 17.2 Å². The molecule has 0 radical (unpaired) electrons. The van der Waals surface area contributed by atoms with E-state index in [1.165, 1.54) is 7.11 Å². The molecule has 0 spiro atoms. The Kier molecular flexibility index (Phi) is 3.06. The second kappa shape index (κ2) is 4.50. The molecule has 0 bridgehead atoms. The van der Waals surface area contributed by atoms with E-state index in [1.807, 2.05) is 0 Å². The summed E-state index contributed by atoms with van der Waals surface area (Å²) in [5.74, 6) is 0.601. The zero-order valence-electron chi connectivity index (χ0n) is 9.30. The lowest BCUT2D eigenvalue weighted by Crippen LogP contribution is -2.15. The summed E-state index contributed by atoms with van der Waals surface area (Å²) in [6.07, 6.45) is -0.150. The van der Waals surface area contributed by atoms with Crippen molar-refractivity contribution in [1.29, 1.82) is 0 Å². The molecule has 92 valence electrons. The topological polar surface area (TPSA) is 91.0 Å². The van der Waals surface area contributed by atoms with Crippen molar-refractivity contribution >= 4 is 5.97 Å². The van der Waals surface area contributed by atoms with E-state index in [1.54, 1.807) is 12.1 Å². The van der Waals surface area contributed by atoms with Crippen LogP contribution in [0.3, 0.4) is 0 Å². The Morgan fingerprint density at radius 1 is 1.59 bits per heavy atom. The summed E-state index contributed by atoms with van der Waals surface area (Å²) >= 11 is 0. The third kappa shape index (κ3) is 2.26. The highest BCUT2D eigenvalue weighted by Crippen LogP contribution is 2.42. The van der Waals surface area contributed by atoms with Crippen molar-refractivity contribution in [2.24, 2.45) is 5.73 Å². The number of hydrogen-bond acceptors (Lipinski definition) is 5. The van der Waals surface area contributed by atoms with Crippen molar-refractivity contribution in [2.45, 2.75) is 12.5 Å². The number of methoxy groups -OCH3 is 1. The SMILES string of the molecule is COc1cc([C@@H](N)CC(=O)O)cc2c1OCO2. The first kappa shape index (κ1) is 11.5. The van der Waals surface area contributed by atoms with Gasteiger partial charge in [-0.05, 0) is 17.7 Å². The fourth-order valence-electron chi connectivity index (χ4n) is 1.67. The van der Waals surface area contributed by atoms with Gasteiger partial charge in [-0.15, -0.1) is 0 Å². The van der Waals surface area contributed by atoms with Gasteiger partial charge in [-0.3, -0.25) is 4.79 Å². The lowest BCUT2D eigenvalue weighted by Gasteiger charge is -2.12. The molecule has 1 atom stereocenters. The minimum Gasteiger partial charge on any atom is -0.493 e. The molecule has 17 heavy (non-hydrogen) atoms. The van der Waals surface area contributed by atoms with Crippen LogP contribution in [0.4, 0.5) is 0 Å². The van der Waals surface area contributed by atoms with Crippen LogP contribution in [0.2, 0.25) is 0 Å². The molecule has 0 fully saturated rings. The molecular weight excluding hydrogens is 226 g/mol. The molecule has 3 N–H and O–H groups in total. The highest BCUT2D eigenvalue weighted by molar-refractivity contribution is 5.68. The second-order valence-corrected chi connectivity index (χ2v) is 3.66. The lowest BCUT2D eigenvalue weighted by molar-refractivity contribution is -0.137. The Morgan fingerprint density at radius 3 is 3.00 bits per heavy atom. The highest BCUT2D eigenvalue weighted by atomic mass is 16.7. The molecule has 1 aliphatic rings. The number of aliphatic carboxylic acids is 1. The Hall–Kier alpha value is -1.95. The molecule has 6 heteroatoms. The van der Waals surface area contributed by atoms with Gasteiger partial charge in [-0.25, -0.2) is 0 Å². The second-order valence-electron chi connectivity index (χ2n) is 3.66. The standard InChI is InChI=1S/C11H13NO5/c1-15-8-2-6(7(12)4-10(13)14)3-9-11(8)17-5-16-9/h2-3,7H,4-5,12H2,1H3,(H,13,14)/t7-/m0/s1. The monoisotopic (exact) mass is 239 g/mol. The van der Waals surface area contributed by atoms with Crippen LogP contribution >= 0.6 is 0 Å². The molecule has 0 saturated heterocycles. The van der Waals surface area contributed by atoms with Crippen LogP contribution in [0.25, 0.3) is 0 Å². The number of hydrogen-bond donors (Lipinski definition) is 2. The number of benzene rings is 1. The van der Waals surface area contributed by atoms with E-state index in [2.05, 4.69) is 0 Å². The normalized spacial score (nSPS) is 14.5. The number of fused-ring (bicyclic) bond motifs is 1. The molecule has 6 nitrogen and oxygen atoms in total. The Balaban J connectivity index is 2.33.